The van der Waals surface area contributed by atoms with Crippen molar-refractivity contribution in [3.8, 4) is 0 Å². The lowest BCUT2D eigenvalue weighted by molar-refractivity contribution is -0.122. The average Bonchev–Trinajstić information content (AvgIpc) is 3.28. The summed E-state index contributed by atoms with van der Waals surface area (Å²) in [5, 5.41) is 7.98. The first-order valence-corrected chi connectivity index (χ1v) is 10.7. The van der Waals surface area contributed by atoms with Crippen LogP contribution in [0.3, 0.4) is 0 Å². The number of benzene rings is 1. The van der Waals surface area contributed by atoms with Gasteiger partial charge in [0.1, 0.15) is 12.4 Å². The van der Waals surface area contributed by atoms with Gasteiger partial charge in [-0.3, -0.25) is 9.59 Å². The molecule has 2 saturated heterocycles. The molecule has 0 radical (unpaired) electrons. The molecule has 2 aliphatic heterocycles. The fourth-order valence-electron chi connectivity index (χ4n) is 3.81. The van der Waals surface area contributed by atoms with Gasteiger partial charge in [-0.15, -0.1) is 0 Å². The van der Waals surface area contributed by atoms with E-state index in [1.165, 1.54) is 10.7 Å². The van der Waals surface area contributed by atoms with Crippen molar-refractivity contribution >= 4 is 29.0 Å². The van der Waals surface area contributed by atoms with Gasteiger partial charge in [-0.05, 0) is 37.1 Å². The lowest BCUT2D eigenvalue weighted by Gasteiger charge is -2.36. The van der Waals surface area contributed by atoms with Crippen LogP contribution < -0.4 is 20.7 Å². The van der Waals surface area contributed by atoms with Gasteiger partial charge in [0, 0.05) is 56.1 Å². The highest BCUT2D eigenvalue weighted by Gasteiger charge is 2.20. The minimum absolute atomic E-state index is 0.0701. The van der Waals surface area contributed by atoms with Crippen molar-refractivity contribution in [1.82, 2.24) is 15.1 Å². The quantitative estimate of drug-likeness (QED) is 0.747. The Morgan fingerprint density at radius 2 is 1.97 bits per heavy atom. The SMILES string of the molecule is O=C(Cn1nc(N2CCN(c3cccc(Cl)c3)CC2)ccc1=O)NCC1CCCO1. The van der Waals surface area contributed by atoms with Crippen LogP contribution in [0.1, 0.15) is 12.8 Å². The maximum atomic E-state index is 12.2. The van der Waals surface area contributed by atoms with Gasteiger partial charge in [0.15, 0.2) is 0 Å². The van der Waals surface area contributed by atoms with Crippen molar-refractivity contribution in [1.29, 1.82) is 0 Å². The summed E-state index contributed by atoms with van der Waals surface area (Å²) in [7, 11) is 0. The van der Waals surface area contributed by atoms with Gasteiger partial charge < -0.3 is 19.9 Å². The second-order valence-corrected chi connectivity index (χ2v) is 8.02. The first-order chi connectivity index (χ1) is 14.6. The van der Waals surface area contributed by atoms with Crippen LogP contribution in [0, 0.1) is 0 Å². The number of halogens is 1. The molecule has 0 aliphatic carbocycles. The van der Waals surface area contributed by atoms with Gasteiger partial charge in [0.2, 0.25) is 5.91 Å². The number of nitrogens with one attached hydrogen (secondary N) is 1. The first-order valence-electron chi connectivity index (χ1n) is 10.3. The number of amides is 1. The van der Waals surface area contributed by atoms with Gasteiger partial charge in [0.25, 0.3) is 5.56 Å². The second-order valence-electron chi connectivity index (χ2n) is 7.58. The Labute approximate surface area is 180 Å². The molecule has 0 saturated carbocycles. The van der Waals surface area contributed by atoms with E-state index < -0.39 is 0 Å². The van der Waals surface area contributed by atoms with E-state index in [4.69, 9.17) is 16.3 Å². The van der Waals surface area contributed by atoms with Crippen molar-refractivity contribution in [2.45, 2.75) is 25.5 Å². The van der Waals surface area contributed by atoms with E-state index in [0.29, 0.717) is 12.4 Å². The highest BCUT2D eigenvalue weighted by molar-refractivity contribution is 6.30. The number of hydrogen-bond acceptors (Lipinski definition) is 6. The molecule has 2 fully saturated rings. The number of carbonyl (C=O) groups excluding carboxylic acids is 1. The second kappa shape index (κ2) is 9.49. The van der Waals surface area contributed by atoms with Gasteiger partial charge in [0.05, 0.1) is 6.10 Å². The summed E-state index contributed by atoms with van der Waals surface area (Å²) in [6.45, 7) is 4.30. The maximum Gasteiger partial charge on any atom is 0.267 e. The van der Waals surface area contributed by atoms with Gasteiger partial charge >= 0.3 is 0 Å². The fourth-order valence-corrected chi connectivity index (χ4v) is 4.00. The average molecular weight is 432 g/mol. The summed E-state index contributed by atoms with van der Waals surface area (Å²) in [5.41, 5.74) is 0.812. The smallest absolute Gasteiger partial charge is 0.267 e. The molecule has 9 heteroatoms. The third kappa shape index (κ3) is 5.12. The van der Waals surface area contributed by atoms with Crippen molar-refractivity contribution < 1.29 is 9.53 Å². The monoisotopic (exact) mass is 431 g/mol. The third-order valence-electron chi connectivity index (χ3n) is 5.47. The summed E-state index contributed by atoms with van der Waals surface area (Å²) >= 11 is 6.10. The van der Waals surface area contributed by atoms with E-state index in [0.717, 1.165) is 56.3 Å². The number of aromatic nitrogens is 2. The molecule has 1 amide bonds. The predicted octanol–water partition coefficient (Wildman–Crippen LogP) is 1.52. The topological polar surface area (TPSA) is 79.7 Å². The molecule has 2 aromatic rings. The van der Waals surface area contributed by atoms with E-state index in [1.54, 1.807) is 6.07 Å². The molecule has 1 N–H and O–H groups in total. The molecular formula is C21H26ClN5O3. The summed E-state index contributed by atoms with van der Waals surface area (Å²) in [6, 6.07) is 11.0. The van der Waals surface area contributed by atoms with Crippen molar-refractivity contribution in [2.75, 3.05) is 49.1 Å². The Bertz CT molecular complexity index is 936. The van der Waals surface area contributed by atoms with E-state index in [2.05, 4.69) is 26.3 Å². The molecule has 160 valence electrons. The normalized spacial score (nSPS) is 19.2. The molecule has 8 nitrogen and oxygen atoms in total. The predicted molar refractivity (Wildman–Crippen MR) is 116 cm³/mol. The number of ether oxygens (including phenoxy) is 1. The van der Waals surface area contributed by atoms with E-state index in [-0.39, 0.29) is 24.1 Å². The van der Waals surface area contributed by atoms with E-state index >= 15 is 0 Å². The highest BCUT2D eigenvalue weighted by Crippen LogP contribution is 2.22. The molecule has 4 rings (SSSR count). The molecule has 1 atom stereocenters. The Morgan fingerprint density at radius 3 is 2.70 bits per heavy atom. The van der Waals surface area contributed by atoms with Gasteiger partial charge in [-0.25, -0.2) is 4.68 Å². The largest absolute Gasteiger partial charge is 0.376 e. The molecule has 0 bridgehead atoms. The van der Waals surface area contributed by atoms with Crippen molar-refractivity contribution in [3.63, 3.8) is 0 Å². The minimum Gasteiger partial charge on any atom is -0.376 e. The Morgan fingerprint density at radius 1 is 1.17 bits per heavy atom. The minimum atomic E-state index is -0.288. The zero-order valence-electron chi connectivity index (χ0n) is 16.8. The van der Waals surface area contributed by atoms with Crippen LogP contribution in [0.15, 0.2) is 41.2 Å². The van der Waals surface area contributed by atoms with Gasteiger partial charge in [-0.2, -0.15) is 5.10 Å². The molecule has 0 spiro atoms. The van der Waals surface area contributed by atoms with Crippen LogP contribution in [-0.4, -0.2) is 61.1 Å². The van der Waals surface area contributed by atoms with Crippen molar-refractivity contribution in [3.05, 3.63) is 51.8 Å². The molecule has 1 unspecified atom stereocenters. The van der Waals surface area contributed by atoms with E-state index in [9.17, 15) is 9.59 Å². The number of anilines is 2. The molecule has 1 aromatic heterocycles. The Balaban J connectivity index is 1.35. The van der Waals surface area contributed by atoms with E-state index in [1.807, 2.05) is 18.2 Å². The van der Waals surface area contributed by atoms with Crippen LogP contribution in [0.4, 0.5) is 11.5 Å². The summed E-state index contributed by atoms with van der Waals surface area (Å²) < 4.78 is 6.73. The Hall–Kier alpha value is -2.58. The van der Waals surface area contributed by atoms with Gasteiger partial charge in [-0.1, -0.05) is 17.7 Å². The van der Waals surface area contributed by atoms with Crippen molar-refractivity contribution in [2.24, 2.45) is 0 Å². The van der Waals surface area contributed by atoms with Crippen LogP contribution >= 0.6 is 11.6 Å². The summed E-state index contributed by atoms with van der Waals surface area (Å²) in [4.78, 5) is 28.8. The zero-order chi connectivity index (χ0) is 20.9. The molecule has 1 aromatic carbocycles. The van der Waals surface area contributed by atoms with Crippen LogP contribution in [0.2, 0.25) is 5.02 Å². The maximum absolute atomic E-state index is 12.2. The first kappa shape index (κ1) is 20.7. The lowest BCUT2D eigenvalue weighted by atomic mass is 10.2. The molecule has 3 heterocycles. The third-order valence-corrected chi connectivity index (χ3v) is 5.71. The lowest BCUT2D eigenvalue weighted by Crippen LogP contribution is -2.47. The van der Waals surface area contributed by atoms with Crippen LogP contribution in [0.25, 0.3) is 0 Å². The van der Waals surface area contributed by atoms with Crippen LogP contribution in [-0.2, 0) is 16.1 Å². The molecular weight excluding hydrogens is 406 g/mol. The Kier molecular flexibility index (Phi) is 6.54. The standard InChI is InChI=1S/C21H26ClN5O3/c22-16-3-1-4-17(13-16)25-8-10-26(11-9-25)19-6-7-21(29)27(24-19)15-20(28)23-14-18-5-2-12-30-18/h1,3-4,6-7,13,18H,2,5,8-12,14-15H2,(H,23,28). The fraction of sp³-hybridized carbons (Fsp3) is 0.476. The number of rotatable bonds is 6. The number of piperazine rings is 1. The molecule has 30 heavy (non-hydrogen) atoms. The highest BCUT2D eigenvalue weighted by atomic mass is 35.5. The number of hydrogen-bond donors (Lipinski definition) is 1. The van der Waals surface area contributed by atoms with Crippen LogP contribution in [0.5, 0.6) is 0 Å². The molecule has 2 aliphatic rings. The summed E-state index contributed by atoms with van der Waals surface area (Å²) in [5.74, 6) is 0.468. The number of nitrogens with zero attached hydrogens (tertiary/aromatic N) is 4. The zero-order valence-corrected chi connectivity index (χ0v) is 17.6. The number of carbonyl (C=O) groups is 1. The summed E-state index contributed by atoms with van der Waals surface area (Å²) in [6.07, 6.45) is 2.05.